The van der Waals surface area contributed by atoms with Gasteiger partial charge in [-0.1, -0.05) is 24.6 Å². The first-order valence-electron chi connectivity index (χ1n) is 6.52. The van der Waals surface area contributed by atoms with Gasteiger partial charge in [-0.05, 0) is 46.2 Å². The molecule has 2 nitrogen and oxygen atoms in total. The summed E-state index contributed by atoms with van der Waals surface area (Å²) in [5.74, 6) is 0.883. The van der Waals surface area contributed by atoms with E-state index >= 15 is 0 Å². The zero-order chi connectivity index (χ0) is 13.8. The third kappa shape index (κ3) is 4.87. The van der Waals surface area contributed by atoms with Crippen LogP contribution in [0.1, 0.15) is 46.6 Å². The number of hydrogen-bond donors (Lipinski definition) is 1. The molecule has 1 aromatic rings. The highest BCUT2D eigenvalue weighted by atomic mass is 35.5. The molecule has 0 heterocycles. The fourth-order valence-electron chi connectivity index (χ4n) is 1.47. The molecule has 0 aliphatic carbocycles. The third-order valence-corrected chi connectivity index (χ3v) is 3.13. The van der Waals surface area contributed by atoms with Crippen LogP contribution in [0.2, 0.25) is 5.02 Å². The van der Waals surface area contributed by atoms with Gasteiger partial charge in [-0.25, -0.2) is 0 Å². The summed E-state index contributed by atoms with van der Waals surface area (Å²) in [7, 11) is 0. The molecule has 102 valence electrons. The van der Waals surface area contributed by atoms with E-state index in [1.807, 2.05) is 18.2 Å². The molecule has 0 aromatic heterocycles. The molecule has 1 atom stereocenters. The molecule has 0 aliphatic heterocycles. The first-order valence-corrected chi connectivity index (χ1v) is 6.90. The van der Waals surface area contributed by atoms with Crippen molar-refractivity contribution >= 4 is 11.6 Å². The van der Waals surface area contributed by atoms with Crippen LogP contribution in [0.25, 0.3) is 0 Å². The Morgan fingerprint density at radius 2 is 2.00 bits per heavy atom. The molecule has 0 spiro atoms. The summed E-state index contributed by atoms with van der Waals surface area (Å²) in [6, 6.07) is 5.82. The average Bonchev–Trinajstić information content (AvgIpc) is 2.26. The standard InChI is InChI=1S/C15H24ClNO/c1-6-11(2)18-14-9-7-8-13(16)12(14)10-17-15(3,4)5/h7-9,11,17H,6,10H2,1-5H3. The maximum Gasteiger partial charge on any atom is 0.125 e. The van der Waals surface area contributed by atoms with Gasteiger partial charge in [-0.2, -0.15) is 0 Å². The Morgan fingerprint density at radius 3 is 2.56 bits per heavy atom. The van der Waals surface area contributed by atoms with Gasteiger partial charge in [-0.15, -0.1) is 0 Å². The lowest BCUT2D eigenvalue weighted by Gasteiger charge is -2.23. The second-order valence-electron chi connectivity index (χ2n) is 5.66. The maximum atomic E-state index is 6.26. The SMILES string of the molecule is CCC(C)Oc1cccc(Cl)c1CNC(C)(C)C. The van der Waals surface area contributed by atoms with E-state index in [-0.39, 0.29) is 11.6 Å². The summed E-state index contributed by atoms with van der Waals surface area (Å²) in [4.78, 5) is 0. The number of rotatable bonds is 5. The topological polar surface area (TPSA) is 21.3 Å². The number of benzene rings is 1. The molecule has 0 fully saturated rings. The Bertz CT molecular complexity index is 385. The highest BCUT2D eigenvalue weighted by Crippen LogP contribution is 2.28. The second kappa shape index (κ2) is 6.44. The Balaban J connectivity index is 2.87. The normalized spacial score (nSPS) is 13.4. The van der Waals surface area contributed by atoms with Gasteiger partial charge in [0.2, 0.25) is 0 Å². The third-order valence-electron chi connectivity index (χ3n) is 2.77. The van der Waals surface area contributed by atoms with Gasteiger partial charge in [0.1, 0.15) is 5.75 Å². The van der Waals surface area contributed by atoms with Crippen molar-refractivity contribution in [2.24, 2.45) is 0 Å². The molecule has 0 radical (unpaired) electrons. The number of halogens is 1. The minimum Gasteiger partial charge on any atom is -0.490 e. The van der Waals surface area contributed by atoms with Crippen molar-refractivity contribution in [3.8, 4) is 5.75 Å². The Hall–Kier alpha value is -0.730. The molecule has 1 N–H and O–H groups in total. The molecule has 18 heavy (non-hydrogen) atoms. The fourth-order valence-corrected chi connectivity index (χ4v) is 1.71. The zero-order valence-electron chi connectivity index (χ0n) is 12.0. The molecule has 1 aromatic carbocycles. The molecule has 0 bridgehead atoms. The van der Waals surface area contributed by atoms with Gasteiger partial charge in [-0.3, -0.25) is 0 Å². The van der Waals surface area contributed by atoms with Crippen LogP contribution in [-0.2, 0) is 6.54 Å². The van der Waals surface area contributed by atoms with E-state index in [1.165, 1.54) is 0 Å². The van der Waals surface area contributed by atoms with E-state index in [0.717, 1.165) is 29.3 Å². The van der Waals surface area contributed by atoms with E-state index in [2.05, 4.69) is 39.9 Å². The van der Waals surface area contributed by atoms with Crippen molar-refractivity contribution in [2.45, 2.75) is 59.2 Å². The van der Waals surface area contributed by atoms with Crippen molar-refractivity contribution in [2.75, 3.05) is 0 Å². The van der Waals surface area contributed by atoms with Crippen LogP contribution in [-0.4, -0.2) is 11.6 Å². The van der Waals surface area contributed by atoms with Crippen LogP contribution < -0.4 is 10.1 Å². The minimum atomic E-state index is 0.0623. The molecule has 1 unspecified atom stereocenters. The zero-order valence-corrected chi connectivity index (χ0v) is 12.8. The van der Waals surface area contributed by atoms with Crippen LogP contribution >= 0.6 is 11.6 Å². The highest BCUT2D eigenvalue weighted by molar-refractivity contribution is 6.31. The molecule has 1 rings (SSSR count). The van der Waals surface area contributed by atoms with E-state index in [9.17, 15) is 0 Å². The van der Waals surface area contributed by atoms with Crippen molar-refractivity contribution in [3.63, 3.8) is 0 Å². The predicted octanol–water partition coefficient (Wildman–Crippen LogP) is 4.41. The molecule has 0 saturated heterocycles. The Labute approximate surface area is 116 Å². The maximum absolute atomic E-state index is 6.26. The van der Waals surface area contributed by atoms with Crippen LogP contribution in [0, 0.1) is 0 Å². The lowest BCUT2D eigenvalue weighted by atomic mass is 10.1. The van der Waals surface area contributed by atoms with Gasteiger partial charge in [0.05, 0.1) is 6.10 Å². The highest BCUT2D eigenvalue weighted by Gasteiger charge is 2.14. The smallest absolute Gasteiger partial charge is 0.125 e. The molecule has 0 saturated carbocycles. The second-order valence-corrected chi connectivity index (χ2v) is 6.06. The van der Waals surface area contributed by atoms with Crippen LogP contribution in [0.4, 0.5) is 0 Å². The largest absolute Gasteiger partial charge is 0.490 e. The summed E-state index contributed by atoms with van der Waals surface area (Å²) < 4.78 is 5.92. The van der Waals surface area contributed by atoms with Gasteiger partial charge in [0, 0.05) is 22.7 Å². The average molecular weight is 270 g/mol. The van der Waals surface area contributed by atoms with Crippen molar-refractivity contribution in [3.05, 3.63) is 28.8 Å². The van der Waals surface area contributed by atoms with Gasteiger partial charge < -0.3 is 10.1 Å². The van der Waals surface area contributed by atoms with Gasteiger partial charge >= 0.3 is 0 Å². The van der Waals surface area contributed by atoms with E-state index in [4.69, 9.17) is 16.3 Å². The Kier molecular flexibility index (Phi) is 5.48. The van der Waals surface area contributed by atoms with E-state index in [1.54, 1.807) is 0 Å². The van der Waals surface area contributed by atoms with E-state index < -0.39 is 0 Å². The fraction of sp³-hybridized carbons (Fsp3) is 0.600. The van der Waals surface area contributed by atoms with Gasteiger partial charge in [0.25, 0.3) is 0 Å². The quantitative estimate of drug-likeness (QED) is 0.855. The molecule has 3 heteroatoms. The molecular weight excluding hydrogens is 246 g/mol. The monoisotopic (exact) mass is 269 g/mol. The lowest BCUT2D eigenvalue weighted by Crippen LogP contribution is -2.35. The van der Waals surface area contributed by atoms with Crippen molar-refractivity contribution < 1.29 is 4.74 Å². The molecule has 0 amide bonds. The summed E-state index contributed by atoms with van der Waals surface area (Å²) >= 11 is 6.26. The van der Waals surface area contributed by atoms with Crippen molar-refractivity contribution in [1.29, 1.82) is 0 Å². The van der Waals surface area contributed by atoms with Crippen LogP contribution in [0.15, 0.2) is 18.2 Å². The first-order chi connectivity index (χ1) is 8.33. The van der Waals surface area contributed by atoms with Crippen LogP contribution in [0.5, 0.6) is 5.75 Å². The van der Waals surface area contributed by atoms with Crippen LogP contribution in [0.3, 0.4) is 0 Å². The molecule has 0 aliphatic rings. The van der Waals surface area contributed by atoms with E-state index in [0.29, 0.717) is 0 Å². The lowest BCUT2D eigenvalue weighted by molar-refractivity contribution is 0.214. The summed E-state index contributed by atoms with van der Waals surface area (Å²) in [5, 5.41) is 4.20. The number of hydrogen-bond acceptors (Lipinski definition) is 2. The predicted molar refractivity (Wildman–Crippen MR) is 78.4 cm³/mol. The Morgan fingerprint density at radius 1 is 1.33 bits per heavy atom. The molecular formula is C15H24ClNO. The first kappa shape index (κ1) is 15.3. The summed E-state index contributed by atoms with van der Waals surface area (Å²) in [6.45, 7) is 11.3. The van der Waals surface area contributed by atoms with Gasteiger partial charge in [0.15, 0.2) is 0 Å². The van der Waals surface area contributed by atoms with Crippen molar-refractivity contribution in [1.82, 2.24) is 5.32 Å². The number of ether oxygens (including phenoxy) is 1. The number of nitrogens with one attached hydrogen (secondary N) is 1. The summed E-state index contributed by atoms with van der Waals surface area (Å²) in [6.07, 6.45) is 1.19. The summed E-state index contributed by atoms with van der Waals surface area (Å²) in [5.41, 5.74) is 1.10. The minimum absolute atomic E-state index is 0.0623.